The van der Waals surface area contributed by atoms with E-state index < -0.39 is 9.84 Å². The quantitative estimate of drug-likeness (QED) is 0.806. The van der Waals surface area contributed by atoms with Crippen LogP contribution in [0.1, 0.15) is 5.56 Å². The number of benzene rings is 2. The first-order valence-electron chi connectivity index (χ1n) is 8.44. The summed E-state index contributed by atoms with van der Waals surface area (Å²) < 4.78 is 29.3. The van der Waals surface area contributed by atoms with Crippen LogP contribution in [0.25, 0.3) is 0 Å². The highest BCUT2D eigenvalue weighted by molar-refractivity contribution is 8.13. The number of hydrogen-bond acceptors (Lipinski definition) is 6. The van der Waals surface area contributed by atoms with Crippen LogP contribution in [0, 0.1) is 0 Å². The first-order chi connectivity index (χ1) is 12.6. The zero-order valence-electron chi connectivity index (χ0n) is 14.4. The van der Waals surface area contributed by atoms with Crippen molar-refractivity contribution in [1.82, 2.24) is 0 Å². The minimum Gasteiger partial charge on any atom is -0.497 e. The first-order valence-corrected chi connectivity index (χ1v) is 11.2. The summed E-state index contributed by atoms with van der Waals surface area (Å²) in [6.45, 7) is 0. The molecule has 0 amide bonds. The molecule has 5 nitrogen and oxygen atoms in total. The third-order valence-electron chi connectivity index (χ3n) is 4.67. The molecule has 2 aromatic rings. The summed E-state index contributed by atoms with van der Waals surface area (Å²) in [4.78, 5) is 6.85. The van der Waals surface area contributed by atoms with Crippen molar-refractivity contribution in [3.63, 3.8) is 0 Å². The van der Waals surface area contributed by atoms with E-state index in [-0.39, 0.29) is 23.6 Å². The van der Waals surface area contributed by atoms with Gasteiger partial charge in [0.2, 0.25) is 0 Å². The van der Waals surface area contributed by atoms with Gasteiger partial charge in [0, 0.05) is 11.4 Å². The molecule has 0 unspecified atom stereocenters. The molecule has 0 aliphatic carbocycles. The normalized spacial score (nSPS) is 23.6. The van der Waals surface area contributed by atoms with Gasteiger partial charge in [0.05, 0.1) is 30.7 Å². The van der Waals surface area contributed by atoms with E-state index in [2.05, 4.69) is 4.90 Å². The monoisotopic (exact) mass is 388 g/mol. The van der Waals surface area contributed by atoms with Gasteiger partial charge in [-0.2, -0.15) is 0 Å². The van der Waals surface area contributed by atoms with Gasteiger partial charge in [0.25, 0.3) is 0 Å². The molecule has 2 heterocycles. The fourth-order valence-electron chi connectivity index (χ4n) is 3.39. The molecule has 26 heavy (non-hydrogen) atoms. The van der Waals surface area contributed by atoms with Gasteiger partial charge < -0.3 is 9.64 Å². The molecule has 2 atom stereocenters. The topological polar surface area (TPSA) is 59.0 Å². The van der Waals surface area contributed by atoms with Gasteiger partial charge in [0.1, 0.15) is 5.75 Å². The van der Waals surface area contributed by atoms with Crippen molar-refractivity contribution in [2.45, 2.75) is 17.8 Å². The Balaban J connectivity index is 1.56. The van der Waals surface area contributed by atoms with Gasteiger partial charge in [0.15, 0.2) is 15.0 Å². The van der Waals surface area contributed by atoms with Crippen LogP contribution in [0.4, 0.5) is 5.69 Å². The number of thioether (sulfide) groups is 1. The highest BCUT2D eigenvalue weighted by Crippen LogP contribution is 2.35. The number of methoxy groups -OCH3 is 1. The molecule has 0 radical (unpaired) electrons. The van der Waals surface area contributed by atoms with Crippen LogP contribution >= 0.6 is 11.8 Å². The van der Waals surface area contributed by atoms with Crippen molar-refractivity contribution in [3.05, 3.63) is 60.2 Å². The Morgan fingerprint density at radius 2 is 1.85 bits per heavy atom. The van der Waals surface area contributed by atoms with E-state index in [9.17, 15) is 8.42 Å². The van der Waals surface area contributed by atoms with Crippen LogP contribution in [0.2, 0.25) is 0 Å². The molecule has 0 saturated carbocycles. The number of amidine groups is 1. The lowest BCUT2D eigenvalue weighted by atomic mass is 10.1. The highest BCUT2D eigenvalue weighted by atomic mass is 32.2. The molecule has 136 valence electrons. The lowest BCUT2D eigenvalue weighted by Crippen LogP contribution is -2.39. The van der Waals surface area contributed by atoms with Crippen molar-refractivity contribution in [1.29, 1.82) is 0 Å². The maximum Gasteiger partial charge on any atom is 0.164 e. The Labute approximate surface area is 158 Å². The number of aliphatic imine (C=N–C) groups is 1. The van der Waals surface area contributed by atoms with Gasteiger partial charge in [-0.05, 0) is 29.8 Å². The Morgan fingerprint density at radius 1 is 1.12 bits per heavy atom. The van der Waals surface area contributed by atoms with E-state index in [4.69, 9.17) is 9.73 Å². The van der Waals surface area contributed by atoms with Crippen molar-refractivity contribution in [3.8, 4) is 5.75 Å². The summed E-state index contributed by atoms with van der Waals surface area (Å²) in [5, 5.41) is 0.900. The lowest BCUT2D eigenvalue weighted by molar-refractivity contribution is 0.414. The summed E-state index contributed by atoms with van der Waals surface area (Å²) in [6.07, 6.45) is 0. The molecule has 0 N–H and O–H groups in total. The molecule has 2 aliphatic heterocycles. The van der Waals surface area contributed by atoms with E-state index >= 15 is 0 Å². The summed E-state index contributed by atoms with van der Waals surface area (Å²) in [5.74, 6) is 1.93. The zero-order valence-corrected chi connectivity index (χ0v) is 16.0. The molecule has 1 fully saturated rings. The second kappa shape index (κ2) is 6.96. The Kier molecular flexibility index (Phi) is 4.67. The Morgan fingerprint density at radius 3 is 2.54 bits per heavy atom. The Bertz CT molecular complexity index is 912. The van der Waals surface area contributed by atoms with Crippen molar-refractivity contribution in [2.75, 3.05) is 23.5 Å². The highest BCUT2D eigenvalue weighted by Gasteiger charge is 2.47. The third-order valence-corrected chi connectivity index (χ3v) is 7.41. The molecule has 2 aromatic carbocycles. The average Bonchev–Trinajstić information content (AvgIpc) is 3.12. The fourth-order valence-corrected chi connectivity index (χ4v) is 6.32. The van der Waals surface area contributed by atoms with Crippen LogP contribution in [0.15, 0.2) is 59.6 Å². The molecule has 0 bridgehead atoms. The van der Waals surface area contributed by atoms with Gasteiger partial charge in [-0.15, -0.1) is 0 Å². The molecule has 2 aliphatic rings. The Hall–Kier alpha value is -1.99. The van der Waals surface area contributed by atoms with Crippen molar-refractivity contribution < 1.29 is 13.2 Å². The smallest absolute Gasteiger partial charge is 0.164 e. The van der Waals surface area contributed by atoms with Crippen LogP contribution in [0.5, 0.6) is 5.75 Å². The molecule has 0 aromatic heterocycles. The van der Waals surface area contributed by atoms with Gasteiger partial charge >= 0.3 is 0 Å². The van der Waals surface area contributed by atoms with E-state index in [0.29, 0.717) is 0 Å². The predicted molar refractivity (Wildman–Crippen MR) is 107 cm³/mol. The van der Waals surface area contributed by atoms with Crippen LogP contribution in [0.3, 0.4) is 0 Å². The molecular weight excluding hydrogens is 368 g/mol. The zero-order chi connectivity index (χ0) is 18.1. The van der Waals surface area contributed by atoms with E-state index in [1.54, 1.807) is 18.9 Å². The molecule has 1 saturated heterocycles. The summed E-state index contributed by atoms with van der Waals surface area (Å²) in [7, 11) is -1.36. The SMILES string of the molecule is COc1ccc(CSC2=N[C@H]3CS(=O)(=O)C[C@@H]3N2c2ccccc2)cc1. The van der Waals surface area contributed by atoms with Gasteiger partial charge in [-0.1, -0.05) is 42.1 Å². The average molecular weight is 389 g/mol. The number of hydrogen-bond donors (Lipinski definition) is 0. The minimum absolute atomic E-state index is 0.0965. The van der Waals surface area contributed by atoms with Crippen LogP contribution in [-0.4, -0.2) is 44.3 Å². The van der Waals surface area contributed by atoms with Gasteiger partial charge in [-0.25, -0.2) is 8.42 Å². The lowest BCUT2D eigenvalue weighted by Gasteiger charge is -2.26. The summed E-state index contributed by atoms with van der Waals surface area (Å²) in [6, 6.07) is 17.6. The maximum absolute atomic E-state index is 12.1. The molecular formula is C19H20N2O3S2. The largest absolute Gasteiger partial charge is 0.497 e. The summed E-state index contributed by atoms with van der Waals surface area (Å²) in [5.41, 5.74) is 2.18. The van der Waals surface area contributed by atoms with Gasteiger partial charge in [-0.3, -0.25) is 4.99 Å². The second-order valence-electron chi connectivity index (χ2n) is 6.47. The second-order valence-corrected chi connectivity index (χ2v) is 9.56. The minimum atomic E-state index is -3.02. The van der Waals surface area contributed by atoms with Crippen LogP contribution < -0.4 is 9.64 Å². The third kappa shape index (κ3) is 3.46. The van der Waals surface area contributed by atoms with E-state index in [1.165, 1.54) is 5.56 Å². The predicted octanol–water partition coefficient (Wildman–Crippen LogP) is 2.97. The van der Waals surface area contributed by atoms with Crippen molar-refractivity contribution in [2.24, 2.45) is 4.99 Å². The van der Waals surface area contributed by atoms with E-state index in [0.717, 1.165) is 22.4 Å². The van der Waals surface area contributed by atoms with E-state index in [1.807, 2.05) is 54.6 Å². The number of para-hydroxylation sites is 1. The number of fused-ring (bicyclic) bond motifs is 1. The number of sulfone groups is 1. The van der Waals surface area contributed by atoms with Crippen LogP contribution in [-0.2, 0) is 15.6 Å². The van der Waals surface area contributed by atoms with Crippen molar-refractivity contribution >= 4 is 32.5 Å². The summed E-state index contributed by atoms with van der Waals surface area (Å²) >= 11 is 1.65. The standard InChI is InChI=1S/C19H20N2O3S2/c1-24-16-9-7-14(8-10-16)11-25-19-20-17-12-26(22,23)13-18(17)21(19)15-5-3-2-4-6-15/h2-10,17-18H,11-13H2,1H3/t17-,18-/m0/s1. The number of nitrogens with zero attached hydrogens (tertiary/aromatic N) is 2. The number of rotatable bonds is 4. The maximum atomic E-state index is 12.1. The fraction of sp³-hybridized carbons (Fsp3) is 0.316. The molecule has 4 rings (SSSR count). The molecule has 7 heteroatoms. The number of anilines is 1. The first kappa shape index (κ1) is 17.4. The molecule has 0 spiro atoms. The number of ether oxygens (including phenoxy) is 1.